The molecule has 2 rings (SSSR count). The molecule has 2 aromatic rings. The molecule has 0 saturated carbocycles. The van der Waals surface area contributed by atoms with Crippen LogP contribution in [0.3, 0.4) is 0 Å². The third-order valence-electron chi connectivity index (χ3n) is 2.89. The number of pyridine rings is 1. The molecule has 17 heavy (non-hydrogen) atoms. The summed E-state index contributed by atoms with van der Waals surface area (Å²) in [6.45, 7) is 4.54. The molecule has 0 bridgehead atoms. The van der Waals surface area contributed by atoms with Crippen LogP contribution in [0.1, 0.15) is 26.7 Å². The minimum Gasteiger partial charge on any atom is -0.248 e. The third kappa shape index (κ3) is 3.04. The van der Waals surface area contributed by atoms with Crippen LogP contribution in [0, 0.1) is 0 Å². The molecule has 0 atom stereocenters. The van der Waals surface area contributed by atoms with Crippen LogP contribution in [0.5, 0.6) is 0 Å². The minimum absolute atomic E-state index is 0.0403. The maximum absolute atomic E-state index is 4.84. The molecule has 0 N–H and O–H groups in total. The summed E-state index contributed by atoms with van der Waals surface area (Å²) in [7, 11) is -0.0403. The van der Waals surface area contributed by atoms with Gasteiger partial charge < -0.3 is 0 Å². The Bertz CT molecular complexity index is 475. The van der Waals surface area contributed by atoms with Crippen LogP contribution < -0.4 is 5.44 Å². The van der Waals surface area contributed by atoms with Gasteiger partial charge in [-0.25, -0.2) is 4.98 Å². The van der Waals surface area contributed by atoms with Gasteiger partial charge in [0.2, 0.25) is 0 Å². The topological polar surface area (TPSA) is 12.9 Å². The molecular weight excluding hydrogens is 225 g/mol. The summed E-state index contributed by atoms with van der Waals surface area (Å²) < 4.78 is 0. The molecule has 0 aliphatic carbocycles. The molecule has 0 radical (unpaired) electrons. The Balaban J connectivity index is 2.32. The molecule has 0 saturated heterocycles. The van der Waals surface area contributed by atoms with Gasteiger partial charge in [-0.2, -0.15) is 0 Å². The second-order valence-electron chi connectivity index (χ2n) is 4.35. The Morgan fingerprint density at radius 2 is 1.65 bits per heavy atom. The summed E-state index contributed by atoms with van der Waals surface area (Å²) >= 11 is 0. The monoisotopic (exact) mass is 245 g/mol. The molecule has 2 heteroatoms. The number of nitrogens with zero attached hydrogens (tertiary/aromatic N) is 1. The lowest BCUT2D eigenvalue weighted by atomic mass is 10.2. The number of fused-ring (bicyclic) bond motifs is 1. The second-order valence-corrected chi connectivity index (χ2v) is 6.78. The van der Waals surface area contributed by atoms with E-state index in [2.05, 4.69) is 50.2 Å². The number of rotatable bonds is 5. The number of hydrogen-bond acceptors (Lipinski definition) is 1. The zero-order valence-electron chi connectivity index (χ0n) is 10.7. The largest absolute Gasteiger partial charge is 0.248 e. The van der Waals surface area contributed by atoms with Crippen molar-refractivity contribution in [1.29, 1.82) is 0 Å². The van der Waals surface area contributed by atoms with E-state index in [0.29, 0.717) is 0 Å². The van der Waals surface area contributed by atoms with Gasteiger partial charge in [0.25, 0.3) is 0 Å². The van der Waals surface area contributed by atoms with Crippen LogP contribution in [0.25, 0.3) is 10.9 Å². The zero-order chi connectivity index (χ0) is 12.1. The van der Waals surface area contributed by atoms with E-state index in [1.807, 2.05) is 0 Å². The van der Waals surface area contributed by atoms with E-state index in [1.165, 1.54) is 36.0 Å². The van der Waals surface area contributed by atoms with Gasteiger partial charge in [0, 0.05) is 5.39 Å². The van der Waals surface area contributed by atoms with Gasteiger partial charge in [0.05, 0.1) is 11.0 Å². The molecule has 0 amide bonds. The molecular formula is C15H20NP. The molecule has 0 aliphatic heterocycles. The predicted octanol–water partition coefficient (Wildman–Crippen LogP) is 4.16. The lowest BCUT2D eigenvalue weighted by Crippen LogP contribution is -2.10. The molecule has 1 heterocycles. The highest BCUT2D eigenvalue weighted by Crippen LogP contribution is 2.35. The van der Waals surface area contributed by atoms with Gasteiger partial charge in [-0.05, 0) is 24.5 Å². The van der Waals surface area contributed by atoms with Crippen LogP contribution in [-0.2, 0) is 0 Å². The quantitative estimate of drug-likeness (QED) is 0.721. The Labute approximate surface area is 105 Å². The van der Waals surface area contributed by atoms with Gasteiger partial charge in [-0.3, -0.25) is 0 Å². The lowest BCUT2D eigenvalue weighted by molar-refractivity contribution is 1.06. The average Bonchev–Trinajstić information content (AvgIpc) is 2.38. The first-order chi connectivity index (χ1) is 8.35. The number of para-hydroxylation sites is 1. The fraction of sp³-hybridized carbons (Fsp3) is 0.400. The highest BCUT2D eigenvalue weighted by Gasteiger charge is 2.10. The van der Waals surface area contributed by atoms with Gasteiger partial charge in [-0.1, -0.05) is 58.9 Å². The van der Waals surface area contributed by atoms with E-state index in [9.17, 15) is 0 Å². The summed E-state index contributed by atoms with van der Waals surface area (Å²) in [6.07, 6.45) is 5.16. The lowest BCUT2D eigenvalue weighted by Gasteiger charge is -2.15. The molecule has 90 valence electrons. The fourth-order valence-corrected chi connectivity index (χ4v) is 4.41. The smallest absolute Gasteiger partial charge is 0.0709 e. The molecule has 1 aromatic heterocycles. The van der Waals surface area contributed by atoms with Crippen molar-refractivity contribution in [1.82, 2.24) is 4.98 Å². The van der Waals surface area contributed by atoms with Gasteiger partial charge >= 0.3 is 0 Å². The third-order valence-corrected chi connectivity index (χ3v) is 5.77. The molecule has 0 unspecified atom stereocenters. The van der Waals surface area contributed by atoms with Crippen molar-refractivity contribution >= 4 is 24.3 Å². The molecule has 0 aliphatic rings. The highest BCUT2D eigenvalue weighted by atomic mass is 31.1. The van der Waals surface area contributed by atoms with Crippen molar-refractivity contribution in [2.75, 3.05) is 12.3 Å². The standard InChI is InChI=1S/C15H20NP/c1-3-11-17(12-4-2)15-10-9-13-7-5-6-8-14(13)16-15/h5-10H,3-4,11-12H2,1-2H3. The zero-order valence-corrected chi connectivity index (χ0v) is 11.6. The SMILES string of the molecule is CCCP(CCC)c1ccc2ccccc2n1. The van der Waals surface area contributed by atoms with Crippen molar-refractivity contribution in [3.8, 4) is 0 Å². The summed E-state index contributed by atoms with van der Waals surface area (Å²) in [5.74, 6) is 0. The maximum atomic E-state index is 4.84. The van der Waals surface area contributed by atoms with E-state index < -0.39 is 0 Å². The number of benzene rings is 1. The Hall–Kier alpha value is -0.940. The van der Waals surface area contributed by atoms with Crippen molar-refractivity contribution in [2.45, 2.75) is 26.7 Å². The van der Waals surface area contributed by atoms with E-state index in [0.717, 1.165) is 5.52 Å². The van der Waals surface area contributed by atoms with Crippen LogP contribution >= 0.6 is 7.92 Å². The van der Waals surface area contributed by atoms with Crippen molar-refractivity contribution in [3.63, 3.8) is 0 Å². The summed E-state index contributed by atoms with van der Waals surface area (Å²) in [6, 6.07) is 12.8. The van der Waals surface area contributed by atoms with Crippen LogP contribution in [0.4, 0.5) is 0 Å². The minimum atomic E-state index is -0.0403. The first-order valence-corrected chi connectivity index (χ1v) is 8.17. The van der Waals surface area contributed by atoms with E-state index >= 15 is 0 Å². The van der Waals surface area contributed by atoms with Crippen molar-refractivity contribution < 1.29 is 0 Å². The first-order valence-electron chi connectivity index (χ1n) is 6.46. The number of hydrogen-bond donors (Lipinski definition) is 0. The highest BCUT2D eigenvalue weighted by molar-refractivity contribution is 7.65. The van der Waals surface area contributed by atoms with Crippen LogP contribution in [0.15, 0.2) is 36.4 Å². The van der Waals surface area contributed by atoms with Crippen LogP contribution in [-0.4, -0.2) is 17.3 Å². The second kappa shape index (κ2) is 6.12. The summed E-state index contributed by atoms with van der Waals surface area (Å²) in [5.41, 5.74) is 2.48. The fourth-order valence-electron chi connectivity index (χ4n) is 2.11. The summed E-state index contributed by atoms with van der Waals surface area (Å²) in [4.78, 5) is 4.84. The van der Waals surface area contributed by atoms with E-state index in [-0.39, 0.29) is 7.92 Å². The Kier molecular flexibility index (Phi) is 4.50. The maximum Gasteiger partial charge on any atom is 0.0709 e. The Morgan fingerprint density at radius 3 is 2.35 bits per heavy atom. The summed E-state index contributed by atoms with van der Waals surface area (Å²) in [5, 5.41) is 1.25. The molecule has 0 spiro atoms. The Morgan fingerprint density at radius 1 is 0.941 bits per heavy atom. The molecule has 0 fully saturated rings. The van der Waals surface area contributed by atoms with E-state index in [1.54, 1.807) is 0 Å². The number of aromatic nitrogens is 1. The molecule has 1 aromatic carbocycles. The van der Waals surface area contributed by atoms with Gasteiger partial charge in [0.15, 0.2) is 0 Å². The van der Waals surface area contributed by atoms with Crippen molar-refractivity contribution in [2.24, 2.45) is 0 Å². The normalized spacial score (nSPS) is 11.2. The van der Waals surface area contributed by atoms with Gasteiger partial charge in [-0.15, -0.1) is 0 Å². The molecule has 1 nitrogen and oxygen atoms in total. The van der Waals surface area contributed by atoms with Crippen molar-refractivity contribution in [3.05, 3.63) is 36.4 Å². The first kappa shape index (κ1) is 12.5. The van der Waals surface area contributed by atoms with E-state index in [4.69, 9.17) is 4.98 Å². The predicted molar refractivity (Wildman–Crippen MR) is 78.6 cm³/mol. The van der Waals surface area contributed by atoms with Crippen LogP contribution in [0.2, 0.25) is 0 Å². The average molecular weight is 245 g/mol. The van der Waals surface area contributed by atoms with Gasteiger partial charge in [0.1, 0.15) is 0 Å².